The molecule has 0 spiro atoms. The largest absolute Gasteiger partial charge is 0.480 e. The monoisotopic (exact) mass is 302 g/mol. The van der Waals surface area contributed by atoms with Crippen LogP contribution in [0.25, 0.3) is 0 Å². The number of rotatable bonds is 2. The first-order valence-corrected chi connectivity index (χ1v) is 6.50. The predicted molar refractivity (Wildman–Crippen MR) is 72.8 cm³/mol. The van der Waals surface area contributed by atoms with E-state index in [2.05, 4.69) is 5.32 Å². The molecular formula is C12H12Cl2N2O3. The van der Waals surface area contributed by atoms with Gasteiger partial charge in [0.1, 0.15) is 6.04 Å². The quantitative estimate of drug-likeness (QED) is 0.882. The Labute approximate surface area is 120 Å². The minimum absolute atomic E-state index is 0.329. The van der Waals surface area contributed by atoms with Crippen LogP contribution in [0.4, 0.5) is 10.5 Å². The molecule has 1 atom stereocenters. The first-order valence-electron chi connectivity index (χ1n) is 5.74. The van der Waals surface area contributed by atoms with Crippen LogP contribution in [0.1, 0.15) is 12.8 Å². The smallest absolute Gasteiger partial charge is 0.326 e. The standard InChI is InChI=1S/C12H12Cl2N2O3/c13-8-4-3-7(6-9(8)14)15-12(19)16-5-1-2-10(16)11(17)18/h3-4,6,10H,1-2,5H2,(H,15,19)(H,17,18)/t10-/m0/s1. The van der Waals surface area contributed by atoms with Crippen molar-refractivity contribution < 1.29 is 14.7 Å². The highest BCUT2D eigenvalue weighted by atomic mass is 35.5. The number of nitrogens with one attached hydrogen (secondary N) is 1. The van der Waals surface area contributed by atoms with E-state index in [9.17, 15) is 9.59 Å². The van der Waals surface area contributed by atoms with Gasteiger partial charge in [0.2, 0.25) is 0 Å². The summed E-state index contributed by atoms with van der Waals surface area (Å²) in [5, 5.41) is 12.4. The van der Waals surface area contributed by atoms with Gasteiger partial charge in [-0.3, -0.25) is 0 Å². The second-order valence-corrected chi connectivity index (χ2v) is 5.06. The molecule has 2 amide bonds. The molecule has 102 valence electrons. The van der Waals surface area contributed by atoms with Gasteiger partial charge in [-0.1, -0.05) is 23.2 Å². The number of amides is 2. The number of carboxylic acids is 1. The van der Waals surface area contributed by atoms with E-state index in [1.165, 1.54) is 11.0 Å². The summed E-state index contributed by atoms with van der Waals surface area (Å²) in [5.74, 6) is -0.984. The van der Waals surface area contributed by atoms with Crippen molar-refractivity contribution in [3.63, 3.8) is 0 Å². The van der Waals surface area contributed by atoms with Gasteiger partial charge in [0, 0.05) is 12.2 Å². The first kappa shape index (κ1) is 14.0. The van der Waals surface area contributed by atoms with Gasteiger partial charge in [-0.05, 0) is 31.0 Å². The molecule has 2 N–H and O–H groups in total. The van der Waals surface area contributed by atoms with Gasteiger partial charge in [0.25, 0.3) is 0 Å². The minimum atomic E-state index is -0.984. The normalized spacial score (nSPS) is 18.4. The zero-order chi connectivity index (χ0) is 14.0. The molecule has 1 aliphatic rings. The van der Waals surface area contributed by atoms with Gasteiger partial charge >= 0.3 is 12.0 Å². The molecule has 19 heavy (non-hydrogen) atoms. The molecule has 1 saturated heterocycles. The molecule has 1 heterocycles. The summed E-state index contributed by atoms with van der Waals surface area (Å²) >= 11 is 11.6. The predicted octanol–water partition coefficient (Wildman–Crippen LogP) is 3.07. The molecule has 1 fully saturated rings. The molecule has 0 aromatic heterocycles. The summed E-state index contributed by atoms with van der Waals surface area (Å²) in [6.07, 6.45) is 1.16. The number of carboxylic acid groups (broad SMARTS) is 1. The third-order valence-corrected chi connectivity index (χ3v) is 3.71. The van der Waals surface area contributed by atoms with Crippen LogP contribution in [0, 0.1) is 0 Å². The van der Waals surface area contributed by atoms with E-state index in [-0.39, 0.29) is 0 Å². The number of hydrogen-bond acceptors (Lipinski definition) is 2. The summed E-state index contributed by atoms with van der Waals surface area (Å²) in [7, 11) is 0. The molecule has 5 nitrogen and oxygen atoms in total. The lowest BCUT2D eigenvalue weighted by atomic mass is 10.2. The molecule has 2 rings (SSSR count). The van der Waals surface area contributed by atoms with Crippen molar-refractivity contribution in [2.24, 2.45) is 0 Å². The second-order valence-electron chi connectivity index (χ2n) is 4.25. The Morgan fingerprint density at radius 2 is 2.05 bits per heavy atom. The fourth-order valence-corrected chi connectivity index (χ4v) is 2.33. The molecule has 0 aliphatic carbocycles. The average Bonchev–Trinajstić information content (AvgIpc) is 2.83. The molecule has 0 radical (unpaired) electrons. The summed E-state index contributed by atoms with van der Waals surface area (Å²) < 4.78 is 0. The summed E-state index contributed by atoms with van der Waals surface area (Å²) in [6, 6.07) is 3.50. The van der Waals surface area contributed by atoms with Gasteiger partial charge in [-0.15, -0.1) is 0 Å². The van der Waals surface area contributed by atoms with E-state index in [0.29, 0.717) is 35.1 Å². The second kappa shape index (κ2) is 5.67. The van der Waals surface area contributed by atoms with Gasteiger partial charge in [0.15, 0.2) is 0 Å². The Kier molecular flexibility index (Phi) is 4.17. The van der Waals surface area contributed by atoms with Crippen LogP contribution in [-0.4, -0.2) is 34.6 Å². The van der Waals surface area contributed by atoms with Crippen LogP contribution in [0.2, 0.25) is 10.0 Å². The van der Waals surface area contributed by atoms with Crippen LogP contribution in [0.3, 0.4) is 0 Å². The van der Waals surface area contributed by atoms with Gasteiger partial charge < -0.3 is 15.3 Å². The molecule has 0 unspecified atom stereocenters. The van der Waals surface area contributed by atoms with Crippen LogP contribution in [0.15, 0.2) is 18.2 Å². The maximum absolute atomic E-state index is 12.0. The SMILES string of the molecule is O=C(O)[C@@H]1CCCN1C(=O)Nc1ccc(Cl)c(Cl)c1. The highest BCUT2D eigenvalue weighted by molar-refractivity contribution is 6.42. The number of carbonyl (C=O) groups is 2. The number of likely N-dealkylation sites (tertiary alicyclic amines) is 1. The fraction of sp³-hybridized carbons (Fsp3) is 0.333. The highest BCUT2D eigenvalue weighted by Gasteiger charge is 2.33. The number of hydrogen-bond donors (Lipinski definition) is 2. The van der Waals surface area contributed by atoms with Crippen molar-refractivity contribution >= 4 is 40.9 Å². The van der Waals surface area contributed by atoms with Crippen LogP contribution < -0.4 is 5.32 Å². The Hall–Kier alpha value is -1.46. The summed E-state index contributed by atoms with van der Waals surface area (Å²) in [5.41, 5.74) is 0.482. The third kappa shape index (κ3) is 3.11. The van der Waals surface area contributed by atoms with Crippen LogP contribution in [0.5, 0.6) is 0 Å². The number of nitrogens with zero attached hydrogens (tertiary/aromatic N) is 1. The van der Waals surface area contributed by atoms with E-state index >= 15 is 0 Å². The van der Waals surface area contributed by atoms with Crippen LogP contribution in [-0.2, 0) is 4.79 Å². The van der Waals surface area contributed by atoms with Crippen molar-refractivity contribution in [1.29, 1.82) is 0 Å². The maximum atomic E-state index is 12.0. The molecule has 1 aromatic carbocycles. The third-order valence-electron chi connectivity index (χ3n) is 2.97. The highest BCUT2D eigenvalue weighted by Crippen LogP contribution is 2.26. The number of carbonyl (C=O) groups excluding carboxylic acids is 1. The first-order chi connectivity index (χ1) is 8.99. The van der Waals surface area contributed by atoms with Gasteiger partial charge in [0.05, 0.1) is 10.0 Å². The van der Waals surface area contributed by atoms with Crippen molar-refractivity contribution in [3.8, 4) is 0 Å². The lowest BCUT2D eigenvalue weighted by Gasteiger charge is -2.21. The van der Waals surface area contributed by atoms with E-state index < -0.39 is 18.0 Å². The van der Waals surface area contributed by atoms with E-state index in [4.69, 9.17) is 28.3 Å². The lowest BCUT2D eigenvalue weighted by Crippen LogP contribution is -2.42. The maximum Gasteiger partial charge on any atom is 0.326 e. The Morgan fingerprint density at radius 3 is 2.68 bits per heavy atom. The fourth-order valence-electron chi connectivity index (χ4n) is 2.04. The topological polar surface area (TPSA) is 69.6 Å². The number of aliphatic carboxylic acids is 1. The van der Waals surface area contributed by atoms with E-state index in [1.807, 2.05) is 0 Å². The molecule has 0 bridgehead atoms. The number of benzene rings is 1. The molecule has 0 saturated carbocycles. The van der Waals surface area contributed by atoms with E-state index in [0.717, 1.165) is 0 Å². The van der Waals surface area contributed by atoms with Crippen LogP contribution >= 0.6 is 23.2 Å². The van der Waals surface area contributed by atoms with Crippen molar-refractivity contribution in [2.45, 2.75) is 18.9 Å². The average molecular weight is 303 g/mol. The molecule has 7 heteroatoms. The van der Waals surface area contributed by atoms with Crippen molar-refractivity contribution in [3.05, 3.63) is 28.2 Å². The number of anilines is 1. The van der Waals surface area contributed by atoms with Gasteiger partial charge in [-0.25, -0.2) is 9.59 Å². The Morgan fingerprint density at radius 1 is 1.32 bits per heavy atom. The van der Waals surface area contributed by atoms with Crippen molar-refractivity contribution in [2.75, 3.05) is 11.9 Å². The number of halogens is 2. The molecule has 1 aliphatic heterocycles. The minimum Gasteiger partial charge on any atom is -0.480 e. The zero-order valence-corrected chi connectivity index (χ0v) is 11.4. The lowest BCUT2D eigenvalue weighted by molar-refractivity contribution is -0.141. The summed E-state index contributed by atoms with van der Waals surface area (Å²) in [4.78, 5) is 24.3. The van der Waals surface area contributed by atoms with E-state index in [1.54, 1.807) is 12.1 Å². The molecular weight excluding hydrogens is 291 g/mol. The summed E-state index contributed by atoms with van der Waals surface area (Å²) in [6.45, 7) is 0.435. The molecule has 1 aromatic rings. The zero-order valence-electron chi connectivity index (χ0n) is 9.90. The Bertz CT molecular complexity index is 522. The van der Waals surface area contributed by atoms with Crippen molar-refractivity contribution in [1.82, 2.24) is 4.90 Å². The number of urea groups is 1. The Balaban J connectivity index is 2.08. The van der Waals surface area contributed by atoms with Gasteiger partial charge in [-0.2, -0.15) is 0 Å².